The monoisotopic (exact) mass is 486 g/mol. The first-order valence-corrected chi connectivity index (χ1v) is 13.2. The fourth-order valence-corrected chi connectivity index (χ4v) is 5.28. The molecule has 1 aromatic rings. The molecule has 33 heavy (non-hydrogen) atoms. The van der Waals surface area contributed by atoms with Crippen molar-refractivity contribution < 1.29 is 4.74 Å². The lowest BCUT2D eigenvalue weighted by Gasteiger charge is -2.30. The molecule has 0 unspecified atom stereocenters. The van der Waals surface area contributed by atoms with Crippen molar-refractivity contribution in [3.63, 3.8) is 0 Å². The van der Waals surface area contributed by atoms with Gasteiger partial charge in [0, 0.05) is 59.4 Å². The van der Waals surface area contributed by atoms with Crippen LogP contribution in [0.3, 0.4) is 0 Å². The van der Waals surface area contributed by atoms with Crippen molar-refractivity contribution in [3.8, 4) is 0 Å². The molecule has 0 radical (unpaired) electrons. The predicted molar refractivity (Wildman–Crippen MR) is 146 cm³/mol. The molecule has 0 aliphatic carbocycles. The fourth-order valence-electron chi connectivity index (χ4n) is 4.61. The quantitative estimate of drug-likeness (QED) is 0.346. The van der Waals surface area contributed by atoms with Crippen molar-refractivity contribution in [1.29, 1.82) is 0 Å². The Kier molecular flexibility index (Phi) is 10.5. The Morgan fingerprint density at radius 2 is 1.91 bits per heavy atom. The average Bonchev–Trinajstić information content (AvgIpc) is 2.80. The summed E-state index contributed by atoms with van der Waals surface area (Å²) >= 11 is 11.6. The lowest BCUT2D eigenvalue weighted by Crippen LogP contribution is -2.28. The maximum atomic E-state index is 6.83. The van der Waals surface area contributed by atoms with Crippen molar-refractivity contribution in [2.45, 2.75) is 76.0 Å². The molecule has 2 aliphatic heterocycles. The third kappa shape index (κ3) is 7.68. The SMILES string of the molecule is C=C1OCC/C=C/CCCCC(=NCCC(=C)N2CCCCC2)Cc2c(Cl)c(C)cc(S)c21. The molecule has 5 heteroatoms. The number of rotatable bonds is 4. The van der Waals surface area contributed by atoms with E-state index in [9.17, 15) is 0 Å². The molecule has 0 saturated carbocycles. The van der Waals surface area contributed by atoms with E-state index in [-0.39, 0.29) is 0 Å². The molecule has 1 aromatic carbocycles. The lowest BCUT2D eigenvalue weighted by molar-refractivity contribution is 0.279. The summed E-state index contributed by atoms with van der Waals surface area (Å²) in [6, 6.07) is 2.00. The highest BCUT2D eigenvalue weighted by molar-refractivity contribution is 7.80. The molecular weight excluding hydrogens is 448 g/mol. The summed E-state index contributed by atoms with van der Waals surface area (Å²) in [6.07, 6.45) is 15.2. The minimum Gasteiger partial charge on any atom is -0.493 e. The zero-order chi connectivity index (χ0) is 23.6. The Morgan fingerprint density at radius 3 is 2.70 bits per heavy atom. The van der Waals surface area contributed by atoms with E-state index >= 15 is 0 Å². The van der Waals surface area contributed by atoms with Crippen LogP contribution in [0.1, 0.15) is 74.5 Å². The Bertz CT molecular complexity index is 900. The van der Waals surface area contributed by atoms with Gasteiger partial charge in [0.05, 0.1) is 6.61 Å². The van der Waals surface area contributed by atoms with E-state index in [0.29, 0.717) is 18.8 Å². The minimum absolute atomic E-state index is 0.604. The van der Waals surface area contributed by atoms with Gasteiger partial charge in [-0.2, -0.15) is 0 Å². The summed E-state index contributed by atoms with van der Waals surface area (Å²) in [5, 5.41) is 0.768. The van der Waals surface area contributed by atoms with Crippen molar-refractivity contribution >= 4 is 35.7 Å². The van der Waals surface area contributed by atoms with Gasteiger partial charge < -0.3 is 9.64 Å². The molecule has 1 fully saturated rings. The van der Waals surface area contributed by atoms with E-state index in [0.717, 1.165) is 84.8 Å². The summed E-state index contributed by atoms with van der Waals surface area (Å²) in [6.45, 7) is 14.2. The first-order chi connectivity index (χ1) is 16.0. The summed E-state index contributed by atoms with van der Waals surface area (Å²) in [7, 11) is 0. The molecule has 0 N–H and O–H groups in total. The number of ether oxygens (including phenoxy) is 1. The van der Waals surface area contributed by atoms with Crippen molar-refractivity contribution in [2.75, 3.05) is 26.2 Å². The Morgan fingerprint density at radius 1 is 1.15 bits per heavy atom. The molecule has 180 valence electrons. The standard InChI is InChI=1S/C28H39ClN2OS/c1-21-19-26(33)27-23(3)32-18-12-7-5-4-6-9-13-24(20-25(27)28(21)29)30-15-14-22(2)31-16-10-8-11-17-31/h5,7,19,33H,2-4,6,8-18,20H2,1H3/b7-5+,30-24?. The van der Waals surface area contributed by atoms with Crippen molar-refractivity contribution in [2.24, 2.45) is 4.99 Å². The number of likely N-dealkylation sites (tertiary alicyclic amines) is 1. The van der Waals surface area contributed by atoms with E-state index in [1.165, 1.54) is 30.7 Å². The van der Waals surface area contributed by atoms with Crippen LogP contribution in [0.5, 0.6) is 0 Å². The molecule has 2 aliphatic rings. The zero-order valence-electron chi connectivity index (χ0n) is 20.2. The molecular formula is C28H39ClN2OS. The van der Waals surface area contributed by atoms with Crippen LogP contribution < -0.4 is 0 Å². The van der Waals surface area contributed by atoms with Crippen LogP contribution in [0, 0.1) is 6.92 Å². The van der Waals surface area contributed by atoms with E-state index < -0.39 is 0 Å². The topological polar surface area (TPSA) is 24.8 Å². The third-order valence-corrected chi connectivity index (χ3v) is 7.41. The number of aryl methyl sites for hydroxylation is 1. The molecule has 2 heterocycles. The maximum absolute atomic E-state index is 6.83. The van der Waals surface area contributed by atoms with Crippen LogP contribution in [0.2, 0.25) is 5.02 Å². The van der Waals surface area contributed by atoms with Crippen LogP contribution >= 0.6 is 24.2 Å². The molecule has 0 aromatic heterocycles. The smallest absolute Gasteiger partial charge is 0.120 e. The van der Waals surface area contributed by atoms with Gasteiger partial charge in [0.15, 0.2) is 0 Å². The van der Waals surface area contributed by atoms with Gasteiger partial charge in [0.2, 0.25) is 0 Å². The van der Waals surface area contributed by atoms with Gasteiger partial charge in [-0.25, -0.2) is 0 Å². The van der Waals surface area contributed by atoms with Crippen LogP contribution in [-0.4, -0.2) is 36.9 Å². The number of hydrogen-bond donors (Lipinski definition) is 1. The van der Waals surface area contributed by atoms with Gasteiger partial charge in [-0.1, -0.05) is 36.9 Å². The molecule has 3 nitrogen and oxygen atoms in total. The van der Waals surface area contributed by atoms with Crippen LogP contribution in [0.15, 0.2) is 47.0 Å². The molecule has 0 spiro atoms. The summed E-state index contributed by atoms with van der Waals surface area (Å²) < 4.78 is 5.99. The fraction of sp³-hybridized carbons (Fsp3) is 0.536. The van der Waals surface area contributed by atoms with Gasteiger partial charge in [0.25, 0.3) is 0 Å². The summed E-state index contributed by atoms with van der Waals surface area (Å²) in [5.74, 6) is 0.639. The molecule has 0 bridgehead atoms. The van der Waals surface area contributed by atoms with Gasteiger partial charge >= 0.3 is 0 Å². The van der Waals surface area contributed by atoms with E-state index in [1.807, 2.05) is 13.0 Å². The Labute approximate surface area is 211 Å². The first-order valence-electron chi connectivity index (χ1n) is 12.4. The lowest BCUT2D eigenvalue weighted by atomic mass is 9.95. The van der Waals surface area contributed by atoms with Gasteiger partial charge in [0.1, 0.15) is 5.76 Å². The molecule has 3 rings (SSSR count). The van der Waals surface area contributed by atoms with E-state index in [2.05, 4.69) is 30.2 Å². The number of halogens is 1. The average molecular weight is 487 g/mol. The second kappa shape index (κ2) is 13.3. The highest BCUT2D eigenvalue weighted by atomic mass is 35.5. The number of hydrogen-bond acceptors (Lipinski definition) is 4. The van der Waals surface area contributed by atoms with E-state index in [1.54, 1.807) is 0 Å². The largest absolute Gasteiger partial charge is 0.493 e. The molecule has 0 atom stereocenters. The van der Waals surface area contributed by atoms with Crippen molar-refractivity contribution in [3.05, 3.63) is 58.8 Å². The minimum atomic E-state index is 0.604. The summed E-state index contributed by atoms with van der Waals surface area (Å²) in [4.78, 5) is 8.37. The van der Waals surface area contributed by atoms with Gasteiger partial charge in [-0.3, -0.25) is 4.99 Å². The maximum Gasteiger partial charge on any atom is 0.120 e. The van der Waals surface area contributed by atoms with Crippen LogP contribution in [0.4, 0.5) is 0 Å². The number of thiol groups is 1. The van der Waals surface area contributed by atoms with E-state index in [4.69, 9.17) is 34.0 Å². The third-order valence-electron chi connectivity index (χ3n) is 6.53. The first kappa shape index (κ1) is 26.0. The highest BCUT2D eigenvalue weighted by Gasteiger charge is 2.19. The Balaban J connectivity index is 1.82. The number of allylic oxidation sites excluding steroid dienone is 1. The summed E-state index contributed by atoms with van der Waals surface area (Å²) in [5.41, 5.74) is 5.39. The van der Waals surface area contributed by atoms with Gasteiger partial charge in [-0.15, -0.1) is 12.6 Å². The number of fused-ring (bicyclic) bond motifs is 1. The highest BCUT2D eigenvalue weighted by Crippen LogP contribution is 2.35. The van der Waals surface area contributed by atoms with Crippen molar-refractivity contribution in [1.82, 2.24) is 4.90 Å². The predicted octanol–water partition coefficient (Wildman–Crippen LogP) is 7.82. The zero-order valence-corrected chi connectivity index (χ0v) is 21.8. The Hall–Kier alpha value is -1.65. The molecule has 0 amide bonds. The number of aliphatic imine (C=N–C) groups is 1. The van der Waals surface area contributed by atoms with Crippen LogP contribution in [-0.2, 0) is 11.2 Å². The second-order valence-electron chi connectivity index (χ2n) is 9.15. The molecule has 1 saturated heterocycles. The van der Waals surface area contributed by atoms with Gasteiger partial charge in [-0.05, 0) is 75.5 Å². The normalized spacial score (nSPS) is 20.6. The second-order valence-corrected chi connectivity index (χ2v) is 10.0. The number of benzene rings is 1. The number of nitrogens with zero attached hydrogens (tertiary/aromatic N) is 2. The number of piperidine rings is 1. The van der Waals surface area contributed by atoms with Crippen LogP contribution in [0.25, 0.3) is 5.76 Å².